The summed E-state index contributed by atoms with van der Waals surface area (Å²) in [6.45, 7) is 8.71. The summed E-state index contributed by atoms with van der Waals surface area (Å²) in [5, 5.41) is 0.869. The highest BCUT2D eigenvalue weighted by atomic mass is 16.5. The summed E-state index contributed by atoms with van der Waals surface area (Å²) in [5.74, 6) is 0.473. The zero-order valence-corrected chi connectivity index (χ0v) is 19.0. The first-order valence-electron chi connectivity index (χ1n) is 11.0. The Kier molecular flexibility index (Phi) is 6.33. The minimum atomic E-state index is -0.376. The molecule has 168 valence electrons. The molecule has 6 nitrogen and oxygen atoms in total. The first-order valence-corrected chi connectivity index (χ1v) is 11.0. The van der Waals surface area contributed by atoms with Crippen LogP contribution in [0, 0.1) is 6.92 Å². The zero-order chi connectivity index (χ0) is 22.8. The minimum Gasteiger partial charge on any atom is -0.477 e. The van der Waals surface area contributed by atoms with Crippen molar-refractivity contribution in [1.29, 1.82) is 0 Å². The molecule has 0 bridgehead atoms. The number of hydrogen-bond donors (Lipinski definition) is 0. The Morgan fingerprint density at radius 3 is 2.62 bits per heavy atom. The second-order valence-electron chi connectivity index (χ2n) is 8.61. The van der Waals surface area contributed by atoms with Crippen molar-refractivity contribution in [2.24, 2.45) is 0 Å². The highest BCUT2D eigenvalue weighted by Gasteiger charge is 2.28. The molecule has 0 N–H and O–H groups in total. The zero-order valence-electron chi connectivity index (χ0n) is 19.0. The fraction of sp³-hybridized carbons (Fsp3) is 0.385. The van der Waals surface area contributed by atoms with Crippen LogP contribution in [0.5, 0.6) is 5.75 Å². The number of ether oxygens (including phenoxy) is 2. The number of benzene rings is 2. The average molecular weight is 436 g/mol. The van der Waals surface area contributed by atoms with E-state index < -0.39 is 0 Å². The van der Waals surface area contributed by atoms with Gasteiger partial charge in [-0.25, -0.2) is 4.79 Å². The van der Waals surface area contributed by atoms with E-state index in [1.165, 1.54) is 11.6 Å². The number of hydrogen-bond acceptors (Lipinski definition) is 6. The van der Waals surface area contributed by atoms with Gasteiger partial charge in [0, 0.05) is 30.5 Å². The Morgan fingerprint density at radius 1 is 1.16 bits per heavy atom. The van der Waals surface area contributed by atoms with Gasteiger partial charge in [-0.3, -0.25) is 9.69 Å². The third kappa shape index (κ3) is 4.55. The standard InChI is InChI=1S/C26H29NO5/c1-16(2)31-23(28)11-10-20-13-21-17(3)12-24(29)32-26(21)22-14-27(15-30-25(20)22)18(4)19-8-6-5-7-9-19/h5-9,12-13,16,18H,10-11,14-15H2,1-4H3. The number of rotatable bonds is 6. The topological polar surface area (TPSA) is 69.0 Å². The van der Waals surface area contributed by atoms with Crippen molar-refractivity contribution in [2.45, 2.75) is 59.2 Å². The Hall–Kier alpha value is -3.12. The van der Waals surface area contributed by atoms with Crippen LogP contribution in [0.3, 0.4) is 0 Å². The number of esters is 1. The number of fused-ring (bicyclic) bond motifs is 3. The van der Waals surface area contributed by atoms with Gasteiger partial charge in [0.1, 0.15) is 18.1 Å². The predicted octanol–water partition coefficient (Wildman–Crippen LogP) is 4.90. The first-order chi connectivity index (χ1) is 15.3. The van der Waals surface area contributed by atoms with Gasteiger partial charge in [-0.2, -0.15) is 0 Å². The average Bonchev–Trinajstić information content (AvgIpc) is 2.77. The summed E-state index contributed by atoms with van der Waals surface area (Å²) in [7, 11) is 0. The highest BCUT2D eigenvalue weighted by Crippen LogP contribution is 2.39. The Morgan fingerprint density at radius 2 is 1.91 bits per heavy atom. The van der Waals surface area contributed by atoms with Crippen molar-refractivity contribution in [1.82, 2.24) is 4.90 Å². The van der Waals surface area contributed by atoms with Crippen molar-refractivity contribution < 1.29 is 18.7 Å². The summed E-state index contributed by atoms with van der Waals surface area (Å²) < 4.78 is 17.2. The fourth-order valence-electron chi connectivity index (χ4n) is 4.21. The van der Waals surface area contributed by atoms with Gasteiger partial charge in [0.15, 0.2) is 0 Å². The molecule has 0 aliphatic carbocycles. The summed E-state index contributed by atoms with van der Waals surface area (Å²) in [6.07, 6.45) is 0.615. The highest BCUT2D eigenvalue weighted by molar-refractivity contribution is 5.86. The Bertz CT molecular complexity index is 1180. The van der Waals surface area contributed by atoms with E-state index in [4.69, 9.17) is 13.9 Å². The molecule has 1 atom stereocenters. The summed E-state index contributed by atoms with van der Waals surface area (Å²) in [4.78, 5) is 26.5. The van der Waals surface area contributed by atoms with Gasteiger partial charge in [-0.05, 0) is 56.9 Å². The summed E-state index contributed by atoms with van der Waals surface area (Å²) >= 11 is 0. The molecule has 1 aromatic heterocycles. The monoisotopic (exact) mass is 435 g/mol. The largest absolute Gasteiger partial charge is 0.477 e. The van der Waals surface area contributed by atoms with Crippen molar-refractivity contribution in [2.75, 3.05) is 6.73 Å². The fourth-order valence-corrected chi connectivity index (χ4v) is 4.21. The van der Waals surface area contributed by atoms with E-state index in [1.807, 2.05) is 45.0 Å². The molecule has 1 unspecified atom stereocenters. The lowest BCUT2D eigenvalue weighted by Gasteiger charge is -2.35. The number of carbonyl (C=O) groups is 1. The molecule has 0 saturated carbocycles. The van der Waals surface area contributed by atoms with Crippen LogP contribution in [0.1, 0.15) is 55.5 Å². The van der Waals surface area contributed by atoms with Crippen LogP contribution in [0.4, 0.5) is 0 Å². The molecule has 1 aliphatic heterocycles. The van der Waals surface area contributed by atoms with E-state index in [1.54, 1.807) is 0 Å². The van der Waals surface area contributed by atoms with Crippen LogP contribution in [-0.2, 0) is 22.5 Å². The van der Waals surface area contributed by atoms with Crippen LogP contribution in [0.25, 0.3) is 11.0 Å². The first kappa shape index (κ1) is 22.1. The van der Waals surface area contributed by atoms with Crippen molar-refractivity contribution in [3.63, 3.8) is 0 Å². The maximum absolute atomic E-state index is 12.1. The van der Waals surface area contributed by atoms with Crippen molar-refractivity contribution in [3.8, 4) is 5.75 Å². The van der Waals surface area contributed by atoms with E-state index in [0.29, 0.717) is 31.0 Å². The molecule has 0 saturated heterocycles. The molecule has 4 rings (SSSR count). The second-order valence-corrected chi connectivity index (χ2v) is 8.61. The summed E-state index contributed by atoms with van der Waals surface area (Å²) in [5.41, 5.74) is 4.00. The van der Waals surface area contributed by atoms with E-state index in [9.17, 15) is 9.59 Å². The predicted molar refractivity (Wildman–Crippen MR) is 123 cm³/mol. The lowest BCUT2D eigenvalue weighted by Crippen LogP contribution is -2.35. The number of nitrogens with zero attached hydrogens (tertiary/aromatic N) is 1. The van der Waals surface area contributed by atoms with Crippen LogP contribution in [-0.4, -0.2) is 23.7 Å². The van der Waals surface area contributed by atoms with Gasteiger partial charge in [0.2, 0.25) is 0 Å². The van der Waals surface area contributed by atoms with Crippen LogP contribution >= 0.6 is 0 Å². The van der Waals surface area contributed by atoms with E-state index in [-0.39, 0.29) is 30.2 Å². The van der Waals surface area contributed by atoms with E-state index >= 15 is 0 Å². The Labute approximate surface area is 187 Å². The van der Waals surface area contributed by atoms with Crippen LogP contribution in [0.15, 0.2) is 51.7 Å². The normalized spacial score (nSPS) is 14.8. The smallest absolute Gasteiger partial charge is 0.336 e. The van der Waals surface area contributed by atoms with Gasteiger partial charge >= 0.3 is 11.6 Å². The van der Waals surface area contributed by atoms with Crippen LogP contribution in [0.2, 0.25) is 0 Å². The minimum absolute atomic E-state index is 0.126. The van der Waals surface area contributed by atoms with E-state index in [2.05, 4.69) is 24.0 Å². The number of carbonyl (C=O) groups excluding carboxylic acids is 1. The molecule has 32 heavy (non-hydrogen) atoms. The molecule has 1 aliphatic rings. The lowest BCUT2D eigenvalue weighted by molar-refractivity contribution is -0.147. The molecule has 2 heterocycles. The maximum atomic E-state index is 12.1. The molecular formula is C26H29NO5. The van der Waals surface area contributed by atoms with Gasteiger partial charge in [-0.1, -0.05) is 30.3 Å². The molecule has 6 heteroatoms. The van der Waals surface area contributed by atoms with Gasteiger partial charge in [0.05, 0.1) is 11.7 Å². The van der Waals surface area contributed by atoms with Crippen molar-refractivity contribution in [3.05, 3.63) is 75.1 Å². The Balaban J connectivity index is 1.72. The molecule has 2 aromatic carbocycles. The molecule has 3 aromatic rings. The second kappa shape index (κ2) is 9.17. The lowest BCUT2D eigenvalue weighted by atomic mass is 9.97. The van der Waals surface area contributed by atoms with Gasteiger partial charge in [-0.15, -0.1) is 0 Å². The summed E-state index contributed by atoms with van der Waals surface area (Å²) in [6, 6.07) is 13.8. The maximum Gasteiger partial charge on any atom is 0.336 e. The third-order valence-corrected chi connectivity index (χ3v) is 5.90. The van der Waals surface area contributed by atoms with Crippen LogP contribution < -0.4 is 10.4 Å². The quantitative estimate of drug-likeness (QED) is 0.405. The van der Waals surface area contributed by atoms with Gasteiger partial charge < -0.3 is 13.9 Å². The molecule has 0 spiro atoms. The number of aryl methyl sites for hydroxylation is 2. The molecular weight excluding hydrogens is 406 g/mol. The van der Waals surface area contributed by atoms with Crippen molar-refractivity contribution >= 4 is 16.9 Å². The molecule has 0 fully saturated rings. The third-order valence-electron chi connectivity index (χ3n) is 5.90. The molecule has 0 radical (unpaired) electrons. The van der Waals surface area contributed by atoms with Gasteiger partial charge in [0.25, 0.3) is 0 Å². The molecule has 0 amide bonds. The van der Waals surface area contributed by atoms with E-state index in [0.717, 1.165) is 22.1 Å². The SMILES string of the molecule is Cc1cc(=O)oc2c3c(c(CCC(=O)OC(C)C)cc12)OCN(C(C)c1ccccc1)C3.